The number of ether oxygens (including phenoxy) is 2. The molecule has 0 spiro atoms. The van der Waals surface area contributed by atoms with Crippen molar-refractivity contribution in [1.82, 2.24) is 0 Å². The molecule has 0 saturated heterocycles. The van der Waals surface area contributed by atoms with Gasteiger partial charge in [0.05, 0.1) is 26.3 Å². The van der Waals surface area contributed by atoms with Gasteiger partial charge in [-0.15, -0.1) is 0 Å². The fraction of sp³-hybridized carbons (Fsp3) is 0.300. The van der Waals surface area contributed by atoms with Gasteiger partial charge < -0.3 is 20.3 Å². The third-order valence-electron chi connectivity index (χ3n) is 1.97. The van der Waals surface area contributed by atoms with Crippen LogP contribution in [0.5, 0.6) is 11.5 Å². The number of rotatable bonds is 4. The van der Waals surface area contributed by atoms with Crippen molar-refractivity contribution in [3.05, 3.63) is 17.7 Å². The van der Waals surface area contributed by atoms with Crippen LogP contribution >= 0.6 is 0 Å². The second-order valence-electron chi connectivity index (χ2n) is 2.98. The standard InChI is InChI=1S/C10H13NO4/c1-14-8-5-7(11)9(15-2)3-6(8)4-10(12)13/h3,5H,4,11H2,1-2H3,(H,12,13). The average molecular weight is 211 g/mol. The maximum Gasteiger partial charge on any atom is 0.307 e. The Kier molecular flexibility index (Phi) is 3.38. The number of benzene rings is 1. The number of hydrogen-bond acceptors (Lipinski definition) is 4. The van der Waals surface area contributed by atoms with Crippen molar-refractivity contribution < 1.29 is 19.4 Å². The number of carbonyl (C=O) groups is 1. The quantitative estimate of drug-likeness (QED) is 0.723. The minimum atomic E-state index is -0.930. The molecular weight excluding hydrogens is 198 g/mol. The van der Waals surface area contributed by atoms with E-state index in [0.717, 1.165) is 0 Å². The molecule has 82 valence electrons. The monoisotopic (exact) mass is 211 g/mol. The molecule has 0 saturated carbocycles. The molecule has 0 aliphatic carbocycles. The molecule has 1 aromatic carbocycles. The Morgan fingerprint density at radius 3 is 2.40 bits per heavy atom. The van der Waals surface area contributed by atoms with Crippen molar-refractivity contribution in [2.24, 2.45) is 0 Å². The fourth-order valence-electron chi connectivity index (χ4n) is 1.29. The summed E-state index contributed by atoms with van der Waals surface area (Å²) in [5.41, 5.74) is 6.61. The molecule has 0 unspecified atom stereocenters. The molecule has 0 atom stereocenters. The normalized spacial score (nSPS) is 9.73. The molecule has 5 nitrogen and oxygen atoms in total. The number of anilines is 1. The second-order valence-corrected chi connectivity index (χ2v) is 2.98. The predicted molar refractivity (Wildman–Crippen MR) is 55.3 cm³/mol. The lowest BCUT2D eigenvalue weighted by molar-refractivity contribution is -0.136. The summed E-state index contributed by atoms with van der Waals surface area (Å²) in [7, 11) is 2.94. The Morgan fingerprint density at radius 1 is 1.33 bits per heavy atom. The Morgan fingerprint density at radius 2 is 1.93 bits per heavy atom. The van der Waals surface area contributed by atoms with E-state index in [2.05, 4.69) is 0 Å². The number of aliphatic carboxylic acids is 1. The van der Waals surface area contributed by atoms with E-state index in [-0.39, 0.29) is 6.42 Å². The fourth-order valence-corrected chi connectivity index (χ4v) is 1.29. The average Bonchev–Trinajstić information content (AvgIpc) is 2.19. The van der Waals surface area contributed by atoms with Gasteiger partial charge in [-0.05, 0) is 6.07 Å². The van der Waals surface area contributed by atoms with E-state index >= 15 is 0 Å². The molecule has 0 aliphatic rings. The van der Waals surface area contributed by atoms with Gasteiger partial charge in [-0.3, -0.25) is 4.79 Å². The van der Waals surface area contributed by atoms with Crippen LogP contribution in [0.15, 0.2) is 12.1 Å². The van der Waals surface area contributed by atoms with Crippen LogP contribution in [0.25, 0.3) is 0 Å². The van der Waals surface area contributed by atoms with Gasteiger partial charge in [-0.1, -0.05) is 0 Å². The largest absolute Gasteiger partial charge is 0.496 e. The number of methoxy groups -OCH3 is 2. The Balaban J connectivity index is 3.16. The van der Waals surface area contributed by atoms with Crippen LogP contribution in [0.4, 0.5) is 5.69 Å². The van der Waals surface area contributed by atoms with E-state index in [0.29, 0.717) is 22.7 Å². The van der Waals surface area contributed by atoms with Gasteiger partial charge in [0.25, 0.3) is 0 Å². The molecular formula is C10H13NO4. The molecule has 0 radical (unpaired) electrons. The molecule has 0 fully saturated rings. The van der Waals surface area contributed by atoms with E-state index < -0.39 is 5.97 Å². The first-order chi connectivity index (χ1) is 7.08. The highest BCUT2D eigenvalue weighted by molar-refractivity contribution is 5.73. The summed E-state index contributed by atoms with van der Waals surface area (Å²) in [6.07, 6.45) is -0.125. The van der Waals surface area contributed by atoms with Crippen molar-refractivity contribution in [3.8, 4) is 11.5 Å². The van der Waals surface area contributed by atoms with Gasteiger partial charge in [0, 0.05) is 11.6 Å². The predicted octanol–water partition coefficient (Wildman–Crippen LogP) is 0.913. The minimum Gasteiger partial charge on any atom is -0.496 e. The van der Waals surface area contributed by atoms with Gasteiger partial charge in [0.15, 0.2) is 0 Å². The van der Waals surface area contributed by atoms with Crippen LogP contribution in [-0.4, -0.2) is 25.3 Å². The Labute approximate surface area is 87.4 Å². The maximum atomic E-state index is 10.6. The SMILES string of the molecule is COc1cc(CC(=O)O)c(OC)cc1N. The van der Waals surface area contributed by atoms with Crippen molar-refractivity contribution in [2.45, 2.75) is 6.42 Å². The molecule has 0 bridgehead atoms. The number of carboxylic acid groups (broad SMARTS) is 1. The minimum absolute atomic E-state index is 0.125. The molecule has 15 heavy (non-hydrogen) atoms. The summed E-state index contributed by atoms with van der Waals surface area (Å²) in [5.74, 6) is -0.0251. The van der Waals surface area contributed by atoms with Gasteiger partial charge in [-0.2, -0.15) is 0 Å². The van der Waals surface area contributed by atoms with Crippen molar-refractivity contribution in [1.29, 1.82) is 0 Å². The molecule has 5 heteroatoms. The van der Waals surface area contributed by atoms with Crippen molar-refractivity contribution in [3.63, 3.8) is 0 Å². The van der Waals surface area contributed by atoms with Crippen LogP contribution in [0.3, 0.4) is 0 Å². The van der Waals surface area contributed by atoms with E-state index in [9.17, 15) is 4.79 Å². The van der Waals surface area contributed by atoms with E-state index in [4.69, 9.17) is 20.3 Å². The second kappa shape index (κ2) is 4.54. The van der Waals surface area contributed by atoms with Crippen LogP contribution < -0.4 is 15.2 Å². The van der Waals surface area contributed by atoms with Crippen molar-refractivity contribution in [2.75, 3.05) is 20.0 Å². The molecule has 1 rings (SSSR count). The van der Waals surface area contributed by atoms with Gasteiger partial charge >= 0.3 is 5.97 Å². The third-order valence-corrected chi connectivity index (χ3v) is 1.97. The summed E-state index contributed by atoms with van der Waals surface area (Å²) >= 11 is 0. The molecule has 0 amide bonds. The third kappa shape index (κ3) is 2.52. The van der Waals surface area contributed by atoms with Crippen LogP contribution in [-0.2, 0) is 11.2 Å². The van der Waals surface area contributed by atoms with Crippen LogP contribution in [0.1, 0.15) is 5.56 Å². The molecule has 0 aromatic heterocycles. The topological polar surface area (TPSA) is 81.8 Å². The first-order valence-corrected chi connectivity index (χ1v) is 4.30. The highest BCUT2D eigenvalue weighted by atomic mass is 16.5. The van der Waals surface area contributed by atoms with Gasteiger partial charge in [0.2, 0.25) is 0 Å². The van der Waals surface area contributed by atoms with Gasteiger partial charge in [-0.25, -0.2) is 0 Å². The zero-order valence-corrected chi connectivity index (χ0v) is 8.61. The summed E-state index contributed by atoms with van der Waals surface area (Å²) in [6, 6.07) is 3.12. The summed E-state index contributed by atoms with van der Waals surface area (Å²) in [5, 5.41) is 8.69. The first kappa shape index (κ1) is 11.2. The zero-order valence-electron chi connectivity index (χ0n) is 8.61. The molecule has 3 N–H and O–H groups in total. The lowest BCUT2D eigenvalue weighted by Crippen LogP contribution is -2.04. The van der Waals surface area contributed by atoms with E-state index in [1.807, 2.05) is 0 Å². The highest BCUT2D eigenvalue weighted by Crippen LogP contribution is 2.30. The molecule has 1 aromatic rings. The number of nitrogens with two attached hydrogens (primary N) is 1. The number of nitrogen functional groups attached to an aromatic ring is 1. The Hall–Kier alpha value is -1.91. The Bertz CT molecular complexity index is 376. The number of carboxylic acids is 1. The van der Waals surface area contributed by atoms with E-state index in [1.165, 1.54) is 14.2 Å². The zero-order chi connectivity index (χ0) is 11.4. The molecule has 0 aliphatic heterocycles. The first-order valence-electron chi connectivity index (χ1n) is 4.30. The maximum absolute atomic E-state index is 10.6. The summed E-state index contributed by atoms with van der Waals surface area (Å²) in [4.78, 5) is 10.6. The number of hydrogen-bond donors (Lipinski definition) is 2. The van der Waals surface area contributed by atoms with Crippen LogP contribution in [0, 0.1) is 0 Å². The highest BCUT2D eigenvalue weighted by Gasteiger charge is 2.11. The smallest absolute Gasteiger partial charge is 0.307 e. The van der Waals surface area contributed by atoms with Gasteiger partial charge in [0.1, 0.15) is 11.5 Å². The molecule has 0 heterocycles. The lowest BCUT2D eigenvalue weighted by Gasteiger charge is -2.11. The van der Waals surface area contributed by atoms with Crippen LogP contribution in [0.2, 0.25) is 0 Å². The lowest BCUT2D eigenvalue weighted by atomic mass is 10.1. The summed E-state index contributed by atoms with van der Waals surface area (Å²) < 4.78 is 10.0. The van der Waals surface area contributed by atoms with Crippen molar-refractivity contribution >= 4 is 11.7 Å². The van der Waals surface area contributed by atoms with E-state index in [1.54, 1.807) is 12.1 Å². The summed E-state index contributed by atoms with van der Waals surface area (Å²) in [6.45, 7) is 0.